The van der Waals surface area contributed by atoms with Crippen LogP contribution in [-0.2, 0) is 9.59 Å². The molecule has 2 rings (SSSR count). The number of rotatable bonds is 5. The van der Waals surface area contributed by atoms with Crippen molar-refractivity contribution in [1.29, 1.82) is 0 Å². The van der Waals surface area contributed by atoms with E-state index in [0.717, 1.165) is 9.13 Å². The van der Waals surface area contributed by atoms with Gasteiger partial charge in [0.15, 0.2) is 5.11 Å². The number of hydrazine groups is 1. The molecule has 0 saturated heterocycles. The Labute approximate surface area is 192 Å². The highest BCUT2D eigenvalue weighted by Gasteiger charge is 2.11. The van der Waals surface area contributed by atoms with Gasteiger partial charge in [-0.25, -0.2) is 0 Å². The highest BCUT2D eigenvalue weighted by molar-refractivity contribution is 14.1. The Morgan fingerprint density at radius 1 is 1.03 bits per heavy atom. The number of aryl methyl sites for hydroxylation is 1. The molecule has 7 nitrogen and oxygen atoms in total. The largest absolute Gasteiger partial charge is 0.325 e. The Hall–Kier alpha value is -2.24. The van der Waals surface area contributed by atoms with E-state index in [1.54, 1.807) is 36.4 Å². The molecule has 0 aliphatic carbocycles. The molecule has 152 valence electrons. The van der Waals surface area contributed by atoms with Gasteiger partial charge in [-0.1, -0.05) is 29.8 Å². The maximum atomic E-state index is 12.2. The number of amides is 3. The number of halogens is 2. The van der Waals surface area contributed by atoms with Crippen LogP contribution in [0.2, 0.25) is 5.02 Å². The van der Waals surface area contributed by atoms with Crippen molar-refractivity contribution in [2.24, 2.45) is 0 Å². The number of hydrogen-bond donors (Lipinski definition) is 4. The number of carbonyl (C=O) groups excluding carboxylic acids is 3. The van der Waals surface area contributed by atoms with E-state index in [-0.39, 0.29) is 23.9 Å². The molecule has 0 spiro atoms. The van der Waals surface area contributed by atoms with Crippen LogP contribution in [0.5, 0.6) is 0 Å². The van der Waals surface area contributed by atoms with Crippen LogP contribution in [0.3, 0.4) is 0 Å². The Kier molecular flexibility index (Phi) is 8.80. The second-order valence-electron chi connectivity index (χ2n) is 5.95. The molecule has 0 bridgehead atoms. The third kappa shape index (κ3) is 7.59. The monoisotopic (exact) mass is 544 g/mol. The number of para-hydroxylation sites is 1. The van der Waals surface area contributed by atoms with Gasteiger partial charge in [-0.15, -0.1) is 0 Å². The van der Waals surface area contributed by atoms with Crippen LogP contribution in [0.1, 0.15) is 28.8 Å². The minimum Gasteiger partial charge on any atom is -0.325 e. The minimum absolute atomic E-state index is 0.0420. The van der Waals surface area contributed by atoms with Gasteiger partial charge in [0, 0.05) is 22.0 Å². The summed E-state index contributed by atoms with van der Waals surface area (Å²) < 4.78 is 0.956. The summed E-state index contributed by atoms with van der Waals surface area (Å²) in [6.07, 6.45) is -0.115. The van der Waals surface area contributed by atoms with Crippen molar-refractivity contribution >= 4 is 74.9 Å². The first-order valence-corrected chi connectivity index (χ1v) is 10.3. The summed E-state index contributed by atoms with van der Waals surface area (Å²) >= 11 is 13.1. The molecule has 0 unspecified atom stereocenters. The highest BCUT2D eigenvalue weighted by Crippen LogP contribution is 2.20. The first kappa shape index (κ1) is 23.0. The topological polar surface area (TPSA) is 99.3 Å². The molecule has 0 atom stereocenters. The van der Waals surface area contributed by atoms with Crippen LogP contribution in [0.25, 0.3) is 0 Å². The zero-order chi connectivity index (χ0) is 21.4. The van der Waals surface area contributed by atoms with Crippen LogP contribution in [0.15, 0.2) is 42.5 Å². The molecule has 0 fully saturated rings. The zero-order valence-electron chi connectivity index (χ0n) is 15.3. The predicted octanol–water partition coefficient (Wildman–Crippen LogP) is 3.31. The lowest BCUT2D eigenvalue weighted by molar-refractivity contribution is -0.124. The van der Waals surface area contributed by atoms with Gasteiger partial charge in [0.2, 0.25) is 11.8 Å². The van der Waals surface area contributed by atoms with Gasteiger partial charge in [-0.05, 0) is 71.6 Å². The lowest BCUT2D eigenvalue weighted by Gasteiger charge is -2.11. The van der Waals surface area contributed by atoms with E-state index in [1.807, 2.05) is 13.0 Å². The Morgan fingerprint density at radius 3 is 2.41 bits per heavy atom. The van der Waals surface area contributed by atoms with Crippen LogP contribution in [-0.4, -0.2) is 22.8 Å². The molecule has 2 aromatic rings. The molecule has 0 saturated carbocycles. The fraction of sp³-hybridized carbons (Fsp3) is 0.158. The zero-order valence-corrected chi connectivity index (χ0v) is 19.1. The van der Waals surface area contributed by atoms with E-state index in [9.17, 15) is 14.4 Å². The van der Waals surface area contributed by atoms with Gasteiger partial charge in [0.1, 0.15) is 0 Å². The van der Waals surface area contributed by atoms with E-state index in [4.69, 9.17) is 23.8 Å². The lowest BCUT2D eigenvalue weighted by atomic mass is 10.1. The standard InChI is InChI=1S/C19H18ClIN4O3S/c1-11-6-7-12(10-14(11)21)18(28)23-19(29)25-24-17(27)9-8-16(26)22-15-5-3-2-4-13(15)20/h2-7,10H,8-9H2,1H3,(H,22,26)(H,24,27)(H2,23,25,28,29). The number of hydrogen-bond acceptors (Lipinski definition) is 4. The van der Waals surface area contributed by atoms with E-state index >= 15 is 0 Å². The summed E-state index contributed by atoms with van der Waals surface area (Å²) in [5, 5.41) is 5.46. The summed E-state index contributed by atoms with van der Waals surface area (Å²) in [7, 11) is 0. The molecule has 3 amide bonds. The van der Waals surface area contributed by atoms with Gasteiger partial charge >= 0.3 is 0 Å². The Bertz CT molecular complexity index is 955. The third-order valence-electron chi connectivity index (χ3n) is 3.70. The van der Waals surface area contributed by atoms with Crippen molar-refractivity contribution < 1.29 is 14.4 Å². The van der Waals surface area contributed by atoms with E-state index < -0.39 is 11.8 Å². The number of benzene rings is 2. The lowest BCUT2D eigenvalue weighted by Crippen LogP contribution is -2.48. The summed E-state index contributed by atoms with van der Waals surface area (Å²) in [5.74, 6) is -1.20. The Morgan fingerprint density at radius 2 is 1.72 bits per heavy atom. The van der Waals surface area contributed by atoms with Gasteiger partial charge in [-0.2, -0.15) is 0 Å². The van der Waals surface area contributed by atoms with Crippen LogP contribution in [0.4, 0.5) is 5.69 Å². The normalized spacial score (nSPS) is 10.0. The van der Waals surface area contributed by atoms with E-state index in [2.05, 4.69) is 44.1 Å². The molecule has 0 radical (unpaired) electrons. The number of nitrogens with one attached hydrogen (secondary N) is 4. The fourth-order valence-electron chi connectivity index (χ4n) is 2.13. The van der Waals surface area contributed by atoms with Gasteiger partial charge in [0.05, 0.1) is 10.7 Å². The second kappa shape index (κ2) is 11.1. The van der Waals surface area contributed by atoms with Crippen molar-refractivity contribution in [3.8, 4) is 0 Å². The van der Waals surface area contributed by atoms with Crippen molar-refractivity contribution in [2.75, 3.05) is 5.32 Å². The molecule has 4 N–H and O–H groups in total. The first-order chi connectivity index (χ1) is 13.8. The average Bonchev–Trinajstić information content (AvgIpc) is 2.68. The van der Waals surface area contributed by atoms with E-state index in [1.165, 1.54) is 0 Å². The van der Waals surface area contributed by atoms with Crippen LogP contribution >= 0.6 is 46.4 Å². The molecule has 0 heterocycles. The summed E-state index contributed by atoms with van der Waals surface area (Å²) in [5.41, 5.74) is 6.77. The number of carbonyl (C=O) groups is 3. The molecule has 0 aliphatic heterocycles. The molecule has 10 heteroatoms. The minimum atomic E-state index is -0.458. The second-order valence-corrected chi connectivity index (χ2v) is 7.93. The van der Waals surface area contributed by atoms with E-state index in [0.29, 0.717) is 16.3 Å². The quantitative estimate of drug-likeness (QED) is 0.263. The Balaban J connectivity index is 1.72. The molecule has 29 heavy (non-hydrogen) atoms. The van der Waals surface area contributed by atoms with Crippen molar-refractivity contribution in [3.63, 3.8) is 0 Å². The maximum Gasteiger partial charge on any atom is 0.257 e. The van der Waals surface area contributed by atoms with Crippen LogP contribution < -0.4 is 21.5 Å². The van der Waals surface area contributed by atoms with Crippen LogP contribution in [0, 0.1) is 10.5 Å². The van der Waals surface area contributed by atoms with Crippen molar-refractivity contribution in [2.45, 2.75) is 19.8 Å². The highest BCUT2D eigenvalue weighted by atomic mass is 127. The molecule has 0 aromatic heterocycles. The smallest absolute Gasteiger partial charge is 0.257 e. The molecular weight excluding hydrogens is 527 g/mol. The molecule has 0 aliphatic rings. The SMILES string of the molecule is Cc1ccc(C(=O)NC(=S)NNC(=O)CCC(=O)Nc2ccccc2Cl)cc1I. The maximum absolute atomic E-state index is 12.2. The van der Waals surface area contributed by atoms with Crippen molar-refractivity contribution in [1.82, 2.24) is 16.2 Å². The molecular formula is C19H18ClIN4O3S. The van der Waals surface area contributed by atoms with Crippen molar-refractivity contribution in [3.05, 3.63) is 62.2 Å². The fourth-order valence-corrected chi connectivity index (χ4v) is 2.97. The number of anilines is 1. The summed E-state index contributed by atoms with van der Waals surface area (Å²) in [4.78, 5) is 35.9. The number of thiocarbonyl (C=S) groups is 1. The third-order valence-corrected chi connectivity index (χ3v) is 5.40. The van der Waals surface area contributed by atoms with Gasteiger partial charge in [-0.3, -0.25) is 30.6 Å². The first-order valence-electron chi connectivity index (χ1n) is 8.47. The summed E-state index contributed by atoms with van der Waals surface area (Å²) in [6.45, 7) is 1.94. The summed E-state index contributed by atoms with van der Waals surface area (Å²) in [6, 6.07) is 12.1. The van der Waals surface area contributed by atoms with Gasteiger partial charge < -0.3 is 5.32 Å². The molecule has 2 aromatic carbocycles. The average molecular weight is 545 g/mol. The van der Waals surface area contributed by atoms with Gasteiger partial charge in [0.25, 0.3) is 5.91 Å². The predicted molar refractivity (Wildman–Crippen MR) is 125 cm³/mol.